The Morgan fingerprint density at radius 3 is 2.47 bits per heavy atom. The number of carboxylic acids is 1. The Hall–Kier alpha value is -2.13. The molecule has 0 saturated carbocycles. The molecule has 9 heteroatoms. The van der Waals surface area contributed by atoms with Gasteiger partial charge in [-0.2, -0.15) is 0 Å². The summed E-state index contributed by atoms with van der Waals surface area (Å²) in [7, 11) is -2.55. The first-order valence-corrected chi connectivity index (χ1v) is 6.65. The topological polar surface area (TPSA) is 139 Å². The average Bonchev–Trinajstić information content (AvgIpc) is 2.34. The number of benzene rings is 1. The predicted molar refractivity (Wildman–Crippen MR) is 67.3 cm³/mol. The van der Waals surface area contributed by atoms with Gasteiger partial charge in [-0.05, 0) is 18.2 Å². The summed E-state index contributed by atoms with van der Waals surface area (Å²) in [6.07, 6.45) is 0. The van der Waals surface area contributed by atoms with Crippen molar-refractivity contribution in [2.45, 2.75) is 4.90 Å². The number of carboxylic acid groups (broad SMARTS) is 1. The van der Waals surface area contributed by atoms with Crippen LogP contribution in [0.1, 0.15) is 10.4 Å². The maximum Gasteiger partial charge on any atom is 0.337 e. The largest absolute Gasteiger partial charge is 0.478 e. The van der Waals surface area contributed by atoms with Gasteiger partial charge in [-0.1, -0.05) is 0 Å². The van der Waals surface area contributed by atoms with Crippen molar-refractivity contribution in [2.24, 2.45) is 5.14 Å². The average molecular weight is 287 g/mol. The molecule has 5 N–H and O–H groups in total. The minimum Gasteiger partial charge on any atom is -0.478 e. The number of likely N-dealkylation sites (N-methyl/N-ethyl adjacent to an activating group) is 1. The summed E-state index contributed by atoms with van der Waals surface area (Å²) < 4.78 is 22.3. The van der Waals surface area contributed by atoms with Gasteiger partial charge in [-0.25, -0.2) is 18.4 Å². The van der Waals surface area contributed by atoms with E-state index in [4.69, 9.17) is 10.2 Å². The number of sulfonamides is 1. The maximum atomic E-state index is 11.1. The lowest BCUT2D eigenvalue weighted by atomic mass is 10.2. The summed E-state index contributed by atoms with van der Waals surface area (Å²) in [5.41, 5.74) is -0.154. The first-order chi connectivity index (χ1) is 8.75. The zero-order valence-corrected chi connectivity index (χ0v) is 10.8. The molecule has 1 aromatic rings. The van der Waals surface area contributed by atoms with E-state index in [9.17, 15) is 18.0 Å². The van der Waals surface area contributed by atoms with E-state index in [1.165, 1.54) is 13.1 Å². The second kappa shape index (κ2) is 5.67. The molecular formula is C10H13N3O5S. The van der Waals surface area contributed by atoms with E-state index in [1.807, 2.05) is 0 Å². The number of rotatable bonds is 5. The van der Waals surface area contributed by atoms with Crippen molar-refractivity contribution in [3.8, 4) is 0 Å². The van der Waals surface area contributed by atoms with Crippen LogP contribution < -0.4 is 15.8 Å². The molecule has 8 nitrogen and oxygen atoms in total. The zero-order chi connectivity index (χ0) is 14.6. The lowest BCUT2D eigenvalue weighted by Gasteiger charge is -2.10. The molecule has 0 fully saturated rings. The first kappa shape index (κ1) is 14.9. The molecule has 1 amide bonds. The second-order valence-electron chi connectivity index (χ2n) is 3.58. The lowest BCUT2D eigenvalue weighted by molar-refractivity contribution is -0.118. The molecular weight excluding hydrogens is 274 g/mol. The van der Waals surface area contributed by atoms with Gasteiger partial charge in [0.15, 0.2) is 0 Å². The monoisotopic (exact) mass is 287 g/mol. The Labute approximate surface area is 109 Å². The van der Waals surface area contributed by atoms with Crippen molar-refractivity contribution < 1.29 is 23.1 Å². The minimum absolute atomic E-state index is 0.128. The summed E-state index contributed by atoms with van der Waals surface area (Å²) >= 11 is 0. The highest BCUT2D eigenvalue weighted by Gasteiger charge is 2.16. The van der Waals surface area contributed by atoms with Gasteiger partial charge in [0.05, 0.1) is 17.0 Å². The van der Waals surface area contributed by atoms with Crippen LogP contribution in [0.3, 0.4) is 0 Å². The fraction of sp³-hybridized carbons (Fsp3) is 0.200. The summed E-state index contributed by atoms with van der Waals surface area (Å²) in [4.78, 5) is 21.8. The molecule has 1 aromatic carbocycles. The van der Waals surface area contributed by atoms with Crippen LogP contribution in [0, 0.1) is 0 Å². The molecule has 1 rings (SSSR count). The van der Waals surface area contributed by atoms with E-state index in [2.05, 4.69) is 10.6 Å². The molecule has 0 aliphatic rings. The number of carbonyl (C=O) groups excluding carboxylic acids is 1. The number of primary sulfonamides is 1. The van der Waals surface area contributed by atoms with Crippen LogP contribution in [0.15, 0.2) is 23.1 Å². The molecule has 0 radical (unpaired) electrons. The maximum absolute atomic E-state index is 11.1. The van der Waals surface area contributed by atoms with Gasteiger partial charge < -0.3 is 15.7 Å². The normalized spacial score (nSPS) is 10.8. The van der Waals surface area contributed by atoms with Crippen molar-refractivity contribution in [2.75, 3.05) is 18.9 Å². The number of aromatic carboxylic acids is 1. The summed E-state index contributed by atoms with van der Waals surface area (Å²) in [6, 6.07) is 3.34. The smallest absolute Gasteiger partial charge is 0.337 e. The second-order valence-corrected chi connectivity index (χ2v) is 5.15. The highest BCUT2D eigenvalue weighted by atomic mass is 32.2. The molecule has 0 unspecified atom stereocenters. The zero-order valence-electron chi connectivity index (χ0n) is 10.0. The van der Waals surface area contributed by atoms with Gasteiger partial charge >= 0.3 is 5.97 Å². The van der Waals surface area contributed by atoms with Gasteiger partial charge in [0.2, 0.25) is 15.9 Å². The van der Waals surface area contributed by atoms with Gasteiger partial charge in [0.25, 0.3) is 0 Å². The van der Waals surface area contributed by atoms with Crippen LogP contribution in [0.5, 0.6) is 0 Å². The van der Waals surface area contributed by atoms with Crippen molar-refractivity contribution in [1.82, 2.24) is 5.32 Å². The van der Waals surface area contributed by atoms with Gasteiger partial charge in [0.1, 0.15) is 0 Å². The number of nitrogens with two attached hydrogens (primary N) is 1. The lowest BCUT2D eigenvalue weighted by Crippen LogP contribution is -2.26. The Kier molecular flexibility index (Phi) is 4.46. The van der Waals surface area contributed by atoms with Crippen molar-refractivity contribution >= 4 is 27.6 Å². The van der Waals surface area contributed by atoms with Crippen LogP contribution >= 0.6 is 0 Å². The van der Waals surface area contributed by atoms with Gasteiger partial charge in [0, 0.05) is 12.7 Å². The van der Waals surface area contributed by atoms with E-state index in [0.29, 0.717) is 0 Å². The first-order valence-electron chi connectivity index (χ1n) is 5.10. The Morgan fingerprint density at radius 2 is 2.00 bits per heavy atom. The van der Waals surface area contributed by atoms with Crippen molar-refractivity contribution in [3.63, 3.8) is 0 Å². The van der Waals surface area contributed by atoms with Crippen molar-refractivity contribution in [3.05, 3.63) is 23.8 Å². The number of nitrogens with one attached hydrogen (secondary N) is 2. The predicted octanol–water partition coefficient (Wildman–Crippen LogP) is -0.810. The van der Waals surface area contributed by atoms with Crippen LogP contribution in [0.4, 0.5) is 5.69 Å². The molecule has 0 spiro atoms. The number of hydrogen-bond donors (Lipinski definition) is 4. The fourth-order valence-corrected chi connectivity index (χ4v) is 1.84. The third-order valence-electron chi connectivity index (χ3n) is 2.27. The molecule has 104 valence electrons. The highest BCUT2D eigenvalue weighted by Crippen LogP contribution is 2.19. The number of carbonyl (C=O) groups is 2. The number of anilines is 1. The minimum atomic E-state index is -3.98. The SMILES string of the molecule is CNC(=O)CNc1ccc(S(N)(=O)=O)cc1C(=O)O. The van der Waals surface area contributed by atoms with Crippen LogP contribution in [0.25, 0.3) is 0 Å². The summed E-state index contributed by atoms with van der Waals surface area (Å²) in [5, 5.41) is 18.9. The summed E-state index contributed by atoms with van der Waals surface area (Å²) in [6.45, 7) is -0.133. The fourth-order valence-electron chi connectivity index (χ4n) is 1.30. The van der Waals surface area contributed by atoms with Gasteiger partial charge in [-0.15, -0.1) is 0 Å². The third-order valence-corrected chi connectivity index (χ3v) is 3.18. The highest BCUT2D eigenvalue weighted by molar-refractivity contribution is 7.89. The molecule has 0 aliphatic heterocycles. The van der Waals surface area contributed by atoms with E-state index in [0.717, 1.165) is 12.1 Å². The Bertz CT molecular complexity index is 612. The molecule has 0 heterocycles. The van der Waals surface area contributed by atoms with E-state index >= 15 is 0 Å². The number of hydrogen-bond acceptors (Lipinski definition) is 5. The number of amides is 1. The summed E-state index contributed by atoms with van der Waals surface area (Å²) in [5.74, 6) is -1.67. The van der Waals surface area contributed by atoms with Gasteiger partial charge in [-0.3, -0.25) is 4.79 Å². The third kappa shape index (κ3) is 3.93. The van der Waals surface area contributed by atoms with Crippen LogP contribution in [-0.4, -0.2) is 39.0 Å². The van der Waals surface area contributed by atoms with Crippen molar-refractivity contribution in [1.29, 1.82) is 0 Å². The quantitative estimate of drug-likeness (QED) is 0.558. The molecule has 0 atom stereocenters. The Morgan fingerprint density at radius 1 is 1.37 bits per heavy atom. The van der Waals surface area contributed by atoms with E-state index in [-0.39, 0.29) is 28.6 Å². The van der Waals surface area contributed by atoms with E-state index in [1.54, 1.807) is 0 Å². The molecule has 0 aromatic heterocycles. The molecule has 19 heavy (non-hydrogen) atoms. The Balaban J connectivity index is 3.12. The molecule has 0 aliphatic carbocycles. The van der Waals surface area contributed by atoms with E-state index < -0.39 is 16.0 Å². The standard InChI is InChI=1S/C10H13N3O5S/c1-12-9(14)5-13-8-3-2-6(19(11,17)18)4-7(8)10(15)16/h2-4,13H,5H2,1H3,(H,12,14)(H,15,16)(H2,11,17,18). The molecule has 0 saturated heterocycles. The van der Waals surface area contributed by atoms with Crippen LogP contribution in [-0.2, 0) is 14.8 Å². The van der Waals surface area contributed by atoms with Crippen LogP contribution in [0.2, 0.25) is 0 Å². The molecule has 0 bridgehead atoms.